The largest absolute Gasteiger partial charge is 0.497 e. The first-order valence-electron chi connectivity index (χ1n) is 11.3. The van der Waals surface area contributed by atoms with Crippen LogP contribution in [0.15, 0.2) is 28.7 Å². The first-order valence-corrected chi connectivity index (χ1v) is 11.3. The summed E-state index contributed by atoms with van der Waals surface area (Å²) in [4.78, 5) is 16.1. The van der Waals surface area contributed by atoms with E-state index in [2.05, 4.69) is 4.98 Å². The molecule has 1 aromatic heterocycles. The van der Waals surface area contributed by atoms with E-state index in [9.17, 15) is 9.90 Å². The smallest absolute Gasteiger partial charge is 0.306 e. The van der Waals surface area contributed by atoms with E-state index in [1.807, 2.05) is 45.0 Å². The third kappa shape index (κ3) is 6.33. The van der Waals surface area contributed by atoms with Crippen LogP contribution in [0.4, 0.5) is 0 Å². The van der Waals surface area contributed by atoms with Crippen LogP contribution in [0.2, 0.25) is 0 Å². The summed E-state index contributed by atoms with van der Waals surface area (Å²) in [6, 6.07) is 7.66. The fourth-order valence-electron chi connectivity index (χ4n) is 4.45. The van der Waals surface area contributed by atoms with Crippen LogP contribution >= 0.6 is 0 Å². The van der Waals surface area contributed by atoms with Crippen LogP contribution in [0.5, 0.6) is 5.75 Å². The number of benzene rings is 1. The quantitative estimate of drug-likeness (QED) is 0.508. The number of hydrogen-bond donors (Lipinski definition) is 1. The highest BCUT2D eigenvalue weighted by Crippen LogP contribution is 2.33. The Bertz CT molecular complexity index is 859. The number of hydrogen-bond acceptors (Lipinski definition) is 5. The van der Waals surface area contributed by atoms with Crippen LogP contribution in [-0.4, -0.2) is 29.3 Å². The van der Waals surface area contributed by atoms with E-state index in [-0.39, 0.29) is 17.9 Å². The molecule has 31 heavy (non-hydrogen) atoms. The van der Waals surface area contributed by atoms with E-state index in [4.69, 9.17) is 13.9 Å². The molecular weight excluding hydrogens is 394 g/mol. The molecule has 0 saturated heterocycles. The molecule has 1 N–H and O–H groups in total. The molecule has 1 aliphatic rings. The third-order valence-corrected chi connectivity index (χ3v) is 6.41. The van der Waals surface area contributed by atoms with Gasteiger partial charge >= 0.3 is 5.97 Å². The minimum atomic E-state index is -0.674. The normalized spacial score (nSPS) is 20.0. The van der Waals surface area contributed by atoms with E-state index < -0.39 is 5.97 Å². The molecule has 2 aromatic rings. The molecule has 1 heterocycles. The van der Waals surface area contributed by atoms with E-state index in [0.717, 1.165) is 61.3 Å². The molecule has 0 radical (unpaired) electrons. The van der Waals surface area contributed by atoms with Crippen LogP contribution in [0, 0.1) is 24.7 Å². The van der Waals surface area contributed by atoms with Gasteiger partial charge in [0.25, 0.3) is 0 Å². The Morgan fingerprint density at radius 2 is 2.13 bits per heavy atom. The maximum atomic E-state index is 11.5. The van der Waals surface area contributed by atoms with Gasteiger partial charge in [0.05, 0.1) is 25.7 Å². The molecular formula is C25H35NO5. The Labute approximate surface area is 185 Å². The van der Waals surface area contributed by atoms with E-state index >= 15 is 0 Å². The van der Waals surface area contributed by atoms with Crippen molar-refractivity contribution in [1.29, 1.82) is 0 Å². The average Bonchev–Trinajstić information content (AvgIpc) is 3.13. The van der Waals surface area contributed by atoms with Gasteiger partial charge in [0.15, 0.2) is 0 Å². The number of aliphatic carboxylic acids is 1. The topological polar surface area (TPSA) is 81.8 Å². The Morgan fingerprint density at radius 3 is 2.84 bits per heavy atom. The van der Waals surface area contributed by atoms with Crippen molar-refractivity contribution < 1.29 is 23.8 Å². The molecule has 3 rings (SSSR count). The van der Waals surface area contributed by atoms with Gasteiger partial charge in [-0.15, -0.1) is 0 Å². The van der Waals surface area contributed by atoms with Gasteiger partial charge in [0.2, 0.25) is 5.89 Å². The van der Waals surface area contributed by atoms with Crippen molar-refractivity contribution in [1.82, 2.24) is 4.98 Å². The molecule has 0 aliphatic heterocycles. The highest BCUT2D eigenvalue weighted by atomic mass is 16.5. The highest BCUT2D eigenvalue weighted by molar-refractivity contribution is 5.70. The molecule has 1 aliphatic carbocycles. The van der Waals surface area contributed by atoms with Crippen molar-refractivity contribution in [3.8, 4) is 17.2 Å². The predicted octanol–water partition coefficient (Wildman–Crippen LogP) is 5.87. The van der Waals surface area contributed by atoms with Crippen LogP contribution in [0.1, 0.15) is 63.8 Å². The first kappa shape index (κ1) is 23.3. The van der Waals surface area contributed by atoms with Gasteiger partial charge in [-0.2, -0.15) is 0 Å². The summed E-state index contributed by atoms with van der Waals surface area (Å²) in [7, 11) is 1.64. The minimum absolute atomic E-state index is 0.169. The number of rotatable bonds is 10. The van der Waals surface area contributed by atoms with Gasteiger partial charge in [-0.05, 0) is 62.6 Å². The lowest BCUT2D eigenvalue weighted by Gasteiger charge is -2.30. The maximum absolute atomic E-state index is 11.5. The summed E-state index contributed by atoms with van der Waals surface area (Å²) in [6.07, 6.45) is 6.22. The van der Waals surface area contributed by atoms with E-state index in [0.29, 0.717) is 18.4 Å². The second-order valence-corrected chi connectivity index (χ2v) is 8.99. The van der Waals surface area contributed by atoms with Crippen LogP contribution < -0.4 is 4.74 Å². The summed E-state index contributed by atoms with van der Waals surface area (Å²) in [6.45, 7) is 6.33. The molecule has 1 saturated carbocycles. The number of methoxy groups -OCH3 is 1. The second kappa shape index (κ2) is 10.8. The van der Waals surface area contributed by atoms with Gasteiger partial charge in [0, 0.05) is 5.56 Å². The Hall–Kier alpha value is -2.34. The van der Waals surface area contributed by atoms with Crippen LogP contribution in [-0.2, 0) is 16.1 Å². The van der Waals surface area contributed by atoms with Crippen LogP contribution in [0.3, 0.4) is 0 Å². The van der Waals surface area contributed by atoms with Gasteiger partial charge < -0.3 is 19.0 Å². The van der Waals surface area contributed by atoms with Gasteiger partial charge in [-0.1, -0.05) is 32.8 Å². The van der Waals surface area contributed by atoms with Crippen LogP contribution in [0.25, 0.3) is 11.5 Å². The lowest BCUT2D eigenvalue weighted by molar-refractivity contribution is -0.143. The average molecular weight is 430 g/mol. The fraction of sp³-hybridized carbons (Fsp3) is 0.600. The SMILES string of the molecule is COc1cccc(-c2nc(CO[C@H]3CCC[C@@H](CCC(C(=O)O)C(C)C)C3)c(C)o2)c1. The number of carboxylic acids is 1. The third-order valence-electron chi connectivity index (χ3n) is 6.41. The Kier molecular flexibility index (Phi) is 8.13. The molecule has 1 unspecified atom stereocenters. The maximum Gasteiger partial charge on any atom is 0.306 e. The molecule has 0 spiro atoms. The van der Waals surface area contributed by atoms with E-state index in [1.165, 1.54) is 0 Å². The Balaban J connectivity index is 1.54. The summed E-state index contributed by atoms with van der Waals surface area (Å²) in [5.74, 6) is 1.88. The number of aryl methyl sites for hydroxylation is 1. The molecule has 1 fully saturated rings. The van der Waals surface area contributed by atoms with Crippen molar-refractivity contribution in [3.63, 3.8) is 0 Å². The summed E-state index contributed by atoms with van der Waals surface area (Å²) < 4.78 is 17.4. The summed E-state index contributed by atoms with van der Waals surface area (Å²) >= 11 is 0. The Morgan fingerprint density at radius 1 is 1.32 bits per heavy atom. The number of nitrogens with zero attached hydrogens (tertiary/aromatic N) is 1. The van der Waals surface area contributed by atoms with Gasteiger partial charge in [-0.25, -0.2) is 4.98 Å². The number of oxazole rings is 1. The first-order chi connectivity index (χ1) is 14.9. The molecule has 0 bridgehead atoms. The molecule has 6 nitrogen and oxygen atoms in total. The van der Waals surface area contributed by atoms with Crippen molar-refractivity contribution in [2.45, 2.75) is 72.0 Å². The number of carboxylic acid groups (broad SMARTS) is 1. The zero-order valence-corrected chi connectivity index (χ0v) is 19.1. The molecule has 3 atom stereocenters. The van der Waals surface area contributed by atoms with Gasteiger partial charge in [0.1, 0.15) is 17.2 Å². The van der Waals surface area contributed by atoms with Crippen molar-refractivity contribution >= 4 is 5.97 Å². The summed E-state index contributed by atoms with van der Waals surface area (Å²) in [5.41, 5.74) is 1.70. The number of ether oxygens (including phenoxy) is 2. The fourth-order valence-corrected chi connectivity index (χ4v) is 4.45. The number of aromatic nitrogens is 1. The van der Waals surface area contributed by atoms with E-state index in [1.54, 1.807) is 7.11 Å². The molecule has 170 valence electrons. The lowest BCUT2D eigenvalue weighted by atomic mass is 9.81. The summed E-state index contributed by atoms with van der Waals surface area (Å²) in [5, 5.41) is 9.43. The van der Waals surface area contributed by atoms with Crippen molar-refractivity contribution in [3.05, 3.63) is 35.7 Å². The zero-order chi connectivity index (χ0) is 22.4. The van der Waals surface area contributed by atoms with Crippen molar-refractivity contribution in [2.24, 2.45) is 17.8 Å². The van der Waals surface area contributed by atoms with Crippen molar-refractivity contribution in [2.75, 3.05) is 7.11 Å². The number of carbonyl (C=O) groups is 1. The monoisotopic (exact) mass is 429 g/mol. The predicted molar refractivity (Wildman–Crippen MR) is 119 cm³/mol. The second-order valence-electron chi connectivity index (χ2n) is 8.99. The molecule has 6 heteroatoms. The molecule has 1 aromatic carbocycles. The highest BCUT2D eigenvalue weighted by Gasteiger charge is 2.27. The molecule has 0 amide bonds. The standard InChI is InChI=1S/C25H35NO5/c1-16(2)22(25(27)28)12-11-18-7-5-10-21(13-18)30-15-23-17(3)31-24(26-23)19-8-6-9-20(14-19)29-4/h6,8-9,14,16,18,21-22H,5,7,10-13,15H2,1-4H3,(H,27,28)/t18-,21-,22?/m0/s1. The lowest BCUT2D eigenvalue weighted by Crippen LogP contribution is -2.25. The minimum Gasteiger partial charge on any atom is -0.497 e. The zero-order valence-electron chi connectivity index (χ0n) is 19.1. The van der Waals surface area contributed by atoms with Gasteiger partial charge in [-0.3, -0.25) is 4.79 Å².